The first kappa shape index (κ1) is 19.0. The topological polar surface area (TPSA) is 89.3 Å². The Bertz CT molecular complexity index is 927. The van der Waals surface area contributed by atoms with E-state index in [1.54, 1.807) is 18.8 Å². The van der Waals surface area contributed by atoms with Gasteiger partial charge in [-0.1, -0.05) is 23.7 Å². The first-order valence-corrected chi connectivity index (χ1v) is 9.73. The van der Waals surface area contributed by atoms with Crippen molar-refractivity contribution in [3.05, 3.63) is 52.3 Å². The van der Waals surface area contributed by atoms with E-state index in [9.17, 15) is 9.90 Å². The number of hydrogen-bond acceptors (Lipinski definition) is 5. The van der Waals surface area contributed by atoms with Gasteiger partial charge in [-0.25, -0.2) is 9.67 Å². The summed E-state index contributed by atoms with van der Waals surface area (Å²) in [6.07, 6.45) is 3.54. The van der Waals surface area contributed by atoms with Crippen LogP contribution in [0.4, 0.5) is 0 Å². The summed E-state index contributed by atoms with van der Waals surface area (Å²) in [5.74, 6) is 0.726. The molecule has 4 rings (SSSR count). The minimum atomic E-state index is -0.719. The van der Waals surface area contributed by atoms with Gasteiger partial charge in [0.25, 0.3) is 5.91 Å². The monoisotopic (exact) mass is 402 g/mol. The fourth-order valence-electron chi connectivity index (χ4n) is 4.09. The Morgan fingerprint density at radius 1 is 1.32 bits per heavy atom. The second kappa shape index (κ2) is 7.22. The van der Waals surface area contributed by atoms with Gasteiger partial charge >= 0.3 is 0 Å². The number of carbonyl (C=O) groups is 1. The SMILES string of the molecule is CO[C@H]1CC[C@]2(CC1)NC(=O)C(c1nc(Cc3ccc(Cl)cc3)nn1C)=C2O. The van der Waals surface area contributed by atoms with E-state index >= 15 is 0 Å². The highest BCUT2D eigenvalue weighted by Gasteiger charge is 2.49. The fourth-order valence-corrected chi connectivity index (χ4v) is 4.22. The number of methoxy groups -OCH3 is 1. The maximum Gasteiger partial charge on any atom is 0.259 e. The number of aliphatic hydroxyl groups excluding tert-OH is 1. The van der Waals surface area contributed by atoms with Crippen LogP contribution in [0.2, 0.25) is 5.02 Å². The first-order chi connectivity index (χ1) is 13.4. The molecule has 0 bridgehead atoms. The summed E-state index contributed by atoms with van der Waals surface area (Å²) in [5.41, 5.74) is 0.516. The lowest BCUT2D eigenvalue weighted by atomic mass is 9.79. The van der Waals surface area contributed by atoms with Crippen LogP contribution in [0.5, 0.6) is 0 Å². The second-order valence-corrected chi connectivity index (χ2v) is 7.91. The zero-order valence-corrected chi connectivity index (χ0v) is 16.7. The lowest BCUT2D eigenvalue weighted by Gasteiger charge is -2.36. The van der Waals surface area contributed by atoms with E-state index in [-0.39, 0.29) is 23.3 Å². The summed E-state index contributed by atoms with van der Waals surface area (Å²) in [5, 5.41) is 19.0. The number of nitrogens with one attached hydrogen (secondary N) is 1. The van der Waals surface area contributed by atoms with E-state index in [2.05, 4.69) is 15.4 Å². The summed E-state index contributed by atoms with van der Waals surface area (Å²) in [6.45, 7) is 0. The number of nitrogens with zero attached hydrogens (tertiary/aromatic N) is 3. The zero-order valence-electron chi connectivity index (χ0n) is 15.9. The summed E-state index contributed by atoms with van der Waals surface area (Å²) in [6, 6.07) is 7.47. The van der Waals surface area contributed by atoms with Crippen LogP contribution in [0.25, 0.3) is 5.57 Å². The minimum Gasteiger partial charge on any atom is -0.509 e. The number of aromatic nitrogens is 3. The van der Waals surface area contributed by atoms with Gasteiger partial charge in [-0.2, -0.15) is 5.10 Å². The molecule has 1 aliphatic heterocycles. The van der Waals surface area contributed by atoms with Crippen molar-refractivity contribution in [3.8, 4) is 0 Å². The number of ether oxygens (including phenoxy) is 1. The van der Waals surface area contributed by atoms with E-state index < -0.39 is 5.54 Å². The van der Waals surface area contributed by atoms with Crippen LogP contribution < -0.4 is 5.32 Å². The molecule has 0 atom stereocenters. The largest absolute Gasteiger partial charge is 0.509 e. The summed E-state index contributed by atoms with van der Waals surface area (Å²) >= 11 is 5.93. The third-order valence-corrected chi connectivity index (χ3v) is 5.95. The molecule has 1 aromatic carbocycles. The van der Waals surface area contributed by atoms with E-state index in [1.807, 2.05) is 24.3 Å². The molecule has 8 heteroatoms. The highest BCUT2D eigenvalue weighted by atomic mass is 35.5. The molecule has 2 aromatic rings. The fraction of sp³-hybridized carbons (Fsp3) is 0.450. The van der Waals surface area contributed by atoms with Crippen molar-refractivity contribution in [2.75, 3.05) is 7.11 Å². The predicted octanol–water partition coefficient (Wildman–Crippen LogP) is 2.79. The summed E-state index contributed by atoms with van der Waals surface area (Å²) in [7, 11) is 3.42. The van der Waals surface area contributed by atoms with Crippen molar-refractivity contribution in [1.82, 2.24) is 20.1 Å². The molecule has 0 radical (unpaired) electrons. The molecule has 7 nitrogen and oxygen atoms in total. The molecular formula is C20H23ClN4O3. The standard InChI is InChI=1S/C20H23ClN4O3/c1-25-18(22-15(24-25)11-12-3-5-13(21)6-4-12)16-17(26)20(23-19(16)27)9-7-14(28-2)8-10-20/h3-6,14,26H,7-11H2,1-2H3,(H,23,27)/t14-,20+. The van der Waals surface area contributed by atoms with E-state index in [0.29, 0.717) is 35.9 Å². The van der Waals surface area contributed by atoms with Gasteiger partial charge in [-0.15, -0.1) is 0 Å². The third kappa shape index (κ3) is 3.29. The van der Waals surface area contributed by atoms with Crippen LogP contribution in [0.15, 0.2) is 30.0 Å². The van der Waals surface area contributed by atoms with Gasteiger partial charge in [-0.3, -0.25) is 4.79 Å². The average Bonchev–Trinajstić information content (AvgIpc) is 3.14. The Labute approximate surface area is 168 Å². The zero-order chi connectivity index (χ0) is 19.9. The minimum absolute atomic E-state index is 0.0700. The molecule has 28 heavy (non-hydrogen) atoms. The maximum atomic E-state index is 12.7. The number of benzene rings is 1. The summed E-state index contributed by atoms with van der Waals surface area (Å²) < 4.78 is 6.96. The summed E-state index contributed by atoms with van der Waals surface area (Å²) in [4.78, 5) is 17.2. The number of aliphatic hydroxyl groups is 1. The van der Waals surface area contributed by atoms with Crippen molar-refractivity contribution in [2.45, 2.75) is 43.7 Å². The van der Waals surface area contributed by atoms with E-state index in [1.165, 1.54) is 0 Å². The van der Waals surface area contributed by atoms with Gasteiger partial charge in [0.15, 0.2) is 11.6 Å². The molecule has 148 valence electrons. The van der Waals surface area contributed by atoms with Crippen LogP contribution >= 0.6 is 11.6 Å². The van der Waals surface area contributed by atoms with Crippen molar-refractivity contribution >= 4 is 23.1 Å². The molecule has 2 N–H and O–H groups in total. The van der Waals surface area contributed by atoms with Crippen LogP contribution in [-0.2, 0) is 23.0 Å². The predicted molar refractivity (Wildman–Crippen MR) is 105 cm³/mol. The molecule has 1 aromatic heterocycles. The molecule has 0 saturated heterocycles. The number of rotatable bonds is 4. The second-order valence-electron chi connectivity index (χ2n) is 7.47. The molecule has 1 fully saturated rings. The number of halogens is 1. The van der Waals surface area contributed by atoms with Crippen LogP contribution in [0.3, 0.4) is 0 Å². The molecular weight excluding hydrogens is 380 g/mol. The van der Waals surface area contributed by atoms with Gasteiger partial charge in [0, 0.05) is 25.6 Å². The van der Waals surface area contributed by atoms with Gasteiger partial charge in [0.1, 0.15) is 11.3 Å². The van der Waals surface area contributed by atoms with E-state index in [4.69, 9.17) is 16.3 Å². The van der Waals surface area contributed by atoms with Crippen molar-refractivity contribution in [2.24, 2.45) is 7.05 Å². The highest BCUT2D eigenvalue weighted by Crippen LogP contribution is 2.41. The Morgan fingerprint density at radius 3 is 2.64 bits per heavy atom. The Balaban J connectivity index is 1.62. The number of amides is 1. The maximum absolute atomic E-state index is 12.7. The molecule has 1 aliphatic carbocycles. The van der Waals surface area contributed by atoms with Crippen LogP contribution in [0.1, 0.15) is 42.9 Å². The van der Waals surface area contributed by atoms with Crippen molar-refractivity contribution in [1.29, 1.82) is 0 Å². The molecule has 1 spiro atoms. The quantitative estimate of drug-likeness (QED) is 0.820. The van der Waals surface area contributed by atoms with Gasteiger partial charge < -0.3 is 15.2 Å². The van der Waals surface area contributed by atoms with Crippen LogP contribution in [0, 0.1) is 0 Å². The molecule has 1 saturated carbocycles. The van der Waals surface area contributed by atoms with Crippen molar-refractivity contribution < 1.29 is 14.6 Å². The van der Waals surface area contributed by atoms with Crippen LogP contribution in [-0.4, -0.2) is 44.5 Å². The highest BCUT2D eigenvalue weighted by molar-refractivity contribution is 6.30. The third-order valence-electron chi connectivity index (χ3n) is 5.70. The molecule has 1 amide bonds. The molecule has 2 heterocycles. The van der Waals surface area contributed by atoms with E-state index in [0.717, 1.165) is 18.4 Å². The number of carbonyl (C=O) groups excluding carboxylic acids is 1. The van der Waals surface area contributed by atoms with Crippen molar-refractivity contribution in [3.63, 3.8) is 0 Å². The average molecular weight is 403 g/mol. The van der Waals surface area contributed by atoms with Gasteiger partial charge in [-0.05, 0) is 43.4 Å². The molecule has 0 unspecified atom stereocenters. The smallest absolute Gasteiger partial charge is 0.259 e. The van der Waals surface area contributed by atoms with Gasteiger partial charge in [0.05, 0.1) is 11.6 Å². The number of aryl methyl sites for hydroxylation is 1. The first-order valence-electron chi connectivity index (χ1n) is 9.35. The number of hydrogen-bond donors (Lipinski definition) is 2. The normalized spacial score (nSPS) is 24.8. The molecule has 2 aliphatic rings. The lowest BCUT2D eigenvalue weighted by Crippen LogP contribution is -2.48. The van der Waals surface area contributed by atoms with Gasteiger partial charge in [0.2, 0.25) is 0 Å². The Hall–Kier alpha value is -2.38. The Kier molecular flexibility index (Phi) is 4.89. The Morgan fingerprint density at radius 2 is 2.00 bits per heavy atom. The lowest BCUT2D eigenvalue weighted by molar-refractivity contribution is -0.116.